The van der Waals surface area contributed by atoms with E-state index in [1.165, 1.54) is 36.4 Å². The van der Waals surface area contributed by atoms with Crippen LogP contribution in [0.3, 0.4) is 0 Å². The van der Waals surface area contributed by atoms with Crippen molar-refractivity contribution in [3.05, 3.63) is 72.7 Å². The minimum atomic E-state index is -4.72. The number of oxazole rings is 1. The number of piperidine rings is 1. The molecule has 1 saturated heterocycles. The van der Waals surface area contributed by atoms with E-state index in [1.807, 2.05) is 24.0 Å². The molecular formula is C31H35F3N6O2. The largest absolute Gasteiger partial charge is 0.573 e. The van der Waals surface area contributed by atoms with Gasteiger partial charge in [0.25, 0.3) is 6.01 Å². The fourth-order valence-electron chi connectivity index (χ4n) is 5.98. The summed E-state index contributed by atoms with van der Waals surface area (Å²) in [5.74, 6) is 0.204. The quantitative estimate of drug-likeness (QED) is 0.240. The van der Waals surface area contributed by atoms with Crippen molar-refractivity contribution in [1.29, 1.82) is 0 Å². The molecule has 1 aliphatic heterocycles. The van der Waals surface area contributed by atoms with E-state index in [0.717, 1.165) is 56.4 Å². The lowest BCUT2D eigenvalue weighted by atomic mass is 9.89. The minimum absolute atomic E-state index is 0.167. The molecule has 2 aromatic carbocycles. The van der Waals surface area contributed by atoms with Crippen LogP contribution in [0.4, 0.5) is 24.9 Å². The Balaban J connectivity index is 1.06. The molecule has 0 bridgehead atoms. The van der Waals surface area contributed by atoms with E-state index in [0.29, 0.717) is 23.4 Å². The summed E-state index contributed by atoms with van der Waals surface area (Å²) in [5.41, 5.74) is 4.03. The fraction of sp³-hybridized carbons (Fsp3) is 0.419. The molecule has 8 nitrogen and oxygen atoms in total. The van der Waals surface area contributed by atoms with Gasteiger partial charge in [-0.25, -0.2) is 9.67 Å². The Hall–Kier alpha value is -3.99. The van der Waals surface area contributed by atoms with Crippen molar-refractivity contribution in [2.45, 2.75) is 69.9 Å². The smallest absolute Gasteiger partial charge is 0.424 e. The number of rotatable bonds is 8. The summed E-state index contributed by atoms with van der Waals surface area (Å²) in [6, 6.07) is 15.4. The molecule has 222 valence electrons. The second-order valence-corrected chi connectivity index (χ2v) is 11.2. The highest BCUT2D eigenvalue weighted by Crippen LogP contribution is 2.30. The fourth-order valence-corrected chi connectivity index (χ4v) is 5.98. The number of benzene rings is 2. The zero-order valence-corrected chi connectivity index (χ0v) is 23.5. The van der Waals surface area contributed by atoms with Gasteiger partial charge in [-0.2, -0.15) is 5.10 Å². The second-order valence-electron chi connectivity index (χ2n) is 11.2. The highest BCUT2D eigenvalue weighted by molar-refractivity contribution is 5.58. The number of aryl methyl sites for hydroxylation is 1. The lowest BCUT2D eigenvalue weighted by molar-refractivity contribution is -0.274. The molecule has 3 atom stereocenters. The van der Waals surface area contributed by atoms with E-state index in [1.54, 1.807) is 6.20 Å². The van der Waals surface area contributed by atoms with Crippen molar-refractivity contribution in [2.24, 2.45) is 0 Å². The maximum atomic E-state index is 12.5. The van der Waals surface area contributed by atoms with Crippen molar-refractivity contribution >= 4 is 11.7 Å². The third-order valence-electron chi connectivity index (χ3n) is 8.02. The van der Waals surface area contributed by atoms with Gasteiger partial charge >= 0.3 is 6.36 Å². The van der Waals surface area contributed by atoms with Gasteiger partial charge in [0.15, 0.2) is 5.76 Å². The number of nitrogens with one attached hydrogen (secondary N) is 2. The second kappa shape index (κ2) is 12.1. The maximum Gasteiger partial charge on any atom is 0.573 e. The Morgan fingerprint density at radius 1 is 0.905 bits per heavy atom. The summed E-state index contributed by atoms with van der Waals surface area (Å²) in [7, 11) is 0. The summed E-state index contributed by atoms with van der Waals surface area (Å²) in [6.07, 6.45) is 7.37. The Labute approximate surface area is 242 Å². The van der Waals surface area contributed by atoms with Crippen LogP contribution in [0.5, 0.6) is 5.75 Å². The van der Waals surface area contributed by atoms with E-state index >= 15 is 0 Å². The van der Waals surface area contributed by atoms with Crippen LogP contribution in [0.1, 0.15) is 44.1 Å². The van der Waals surface area contributed by atoms with Crippen LogP contribution >= 0.6 is 0 Å². The molecule has 1 saturated carbocycles. The number of nitrogens with zero attached hydrogens (tertiary/aromatic N) is 4. The molecule has 2 fully saturated rings. The maximum absolute atomic E-state index is 12.5. The van der Waals surface area contributed by atoms with Crippen molar-refractivity contribution < 1.29 is 22.3 Å². The predicted octanol–water partition coefficient (Wildman–Crippen LogP) is 6.72. The zero-order chi connectivity index (χ0) is 29.1. The molecule has 2 N–H and O–H groups in total. The number of aromatic nitrogens is 3. The van der Waals surface area contributed by atoms with Gasteiger partial charge in [-0.1, -0.05) is 12.8 Å². The highest BCUT2D eigenvalue weighted by Gasteiger charge is 2.32. The molecule has 1 aliphatic carbocycles. The van der Waals surface area contributed by atoms with Crippen molar-refractivity contribution in [1.82, 2.24) is 20.1 Å². The zero-order valence-electron chi connectivity index (χ0n) is 23.5. The van der Waals surface area contributed by atoms with Gasteiger partial charge < -0.3 is 24.7 Å². The number of hydrogen-bond donors (Lipinski definition) is 2. The number of hydrogen-bond acceptors (Lipinski definition) is 7. The van der Waals surface area contributed by atoms with Gasteiger partial charge in [0, 0.05) is 48.7 Å². The molecule has 0 unspecified atom stereocenters. The molecule has 4 aromatic rings. The van der Waals surface area contributed by atoms with Crippen LogP contribution in [0.25, 0.3) is 17.0 Å². The first-order valence-electron chi connectivity index (χ1n) is 14.5. The van der Waals surface area contributed by atoms with Gasteiger partial charge in [-0.15, -0.1) is 13.2 Å². The molecule has 2 aliphatic rings. The lowest BCUT2D eigenvalue weighted by Crippen LogP contribution is -2.54. The Morgan fingerprint density at radius 3 is 2.36 bits per heavy atom. The van der Waals surface area contributed by atoms with E-state index in [2.05, 4.69) is 54.6 Å². The number of halogens is 3. The molecule has 42 heavy (non-hydrogen) atoms. The number of ether oxygens (including phenoxy) is 1. The SMILES string of the molecule is Cc1cnn(-c2ccc(N3CCC[C@H](N[C@@H]4CCCC[C@H]4Nc4ncc(-c5ccc(OC(F)(F)F)cc5)o4)C3)cc2)c1. The first-order valence-corrected chi connectivity index (χ1v) is 14.5. The van der Waals surface area contributed by atoms with Gasteiger partial charge in [-0.05, 0) is 86.7 Å². The van der Waals surface area contributed by atoms with E-state index < -0.39 is 6.36 Å². The van der Waals surface area contributed by atoms with Crippen molar-refractivity contribution in [2.75, 3.05) is 23.3 Å². The summed E-state index contributed by atoms with van der Waals surface area (Å²) in [4.78, 5) is 6.85. The molecular weight excluding hydrogens is 545 g/mol. The van der Waals surface area contributed by atoms with Gasteiger partial charge in [0.05, 0.1) is 18.1 Å². The van der Waals surface area contributed by atoms with Crippen LogP contribution in [0.15, 0.2) is 71.5 Å². The molecule has 2 aromatic heterocycles. The number of alkyl halides is 3. The number of anilines is 2. The molecule has 6 rings (SSSR count). The Morgan fingerprint density at radius 2 is 1.64 bits per heavy atom. The van der Waals surface area contributed by atoms with Crippen molar-refractivity contribution in [3.63, 3.8) is 0 Å². The van der Waals surface area contributed by atoms with Crippen LogP contribution < -0.4 is 20.3 Å². The molecule has 11 heteroatoms. The Bertz CT molecular complexity index is 1450. The summed E-state index contributed by atoms with van der Waals surface area (Å²) >= 11 is 0. The van der Waals surface area contributed by atoms with Crippen LogP contribution in [0, 0.1) is 6.92 Å². The van der Waals surface area contributed by atoms with Crippen LogP contribution in [-0.4, -0.2) is 52.3 Å². The predicted molar refractivity (Wildman–Crippen MR) is 155 cm³/mol. The molecule has 3 heterocycles. The van der Waals surface area contributed by atoms with E-state index in [4.69, 9.17) is 4.42 Å². The standard InChI is InChI=1S/C31H35F3N6O2/c1-21-17-36-40(19-21)25-12-10-24(11-13-25)39-16-4-5-23(20-39)37-27-6-2-3-7-28(27)38-30-35-18-29(41-30)22-8-14-26(15-9-22)42-31(32,33)34/h8-15,17-19,23,27-28,37H,2-7,16,20H2,1H3,(H,35,38)/t23-,27+,28+/m0/s1. The minimum Gasteiger partial charge on any atom is -0.424 e. The van der Waals surface area contributed by atoms with Gasteiger partial charge in [0.2, 0.25) is 0 Å². The summed E-state index contributed by atoms with van der Waals surface area (Å²) in [6.45, 7) is 4.02. The summed E-state index contributed by atoms with van der Waals surface area (Å²) in [5, 5.41) is 11.8. The topological polar surface area (TPSA) is 80.4 Å². The molecule has 0 amide bonds. The Kier molecular flexibility index (Phi) is 8.10. The first-order chi connectivity index (χ1) is 20.3. The normalized spacial score (nSPS) is 21.3. The third kappa shape index (κ3) is 6.89. The van der Waals surface area contributed by atoms with Crippen LogP contribution in [0.2, 0.25) is 0 Å². The molecule has 0 radical (unpaired) electrons. The average Bonchev–Trinajstić information content (AvgIpc) is 3.63. The van der Waals surface area contributed by atoms with E-state index in [9.17, 15) is 13.2 Å². The van der Waals surface area contributed by atoms with Gasteiger partial charge in [0.1, 0.15) is 5.75 Å². The van der Waals surface area contributed by atoms with Gasteiger partial charge in [-0.3, -0.25) is 0 Å². The molecule has 0 spiro atoms. The summed E-state index contributed by atoms with van der Waals surface area (Å²) < 4.78 is 49.2. The van der Waals surface area contributed by atoms with Crippen LogP contribution in [-0.2, 0) is 0 Å². The highest BCUT2D eigenvalue weighted by atomic mass is 19.4. The monoisotopic (exact) mass is 580 g/mol. The third-order valence-corrected chi connectivity index (χ3v) is 8.02. The average molecular weight is 581 g/mol. The lowest BCUT2D eigenvalue weighted by Gasteiger charge is -2.40. The van der Waals surface area contributed by atoms with Crippen molar-refractivity contribution in [3.8, 4) is 22.8 Å². The first kappa shape index (κ1) is 28.1. The van der Waals surface area contributed by atoms with E-state index in [-0.39, 0.29) is 17.8 Å².